The number of rotatable bonds is 6. The van der Waals surface area contributed by atoms with Crippen molar-refractivity contribution < 1.29 is 9.47 Å². The molecule has 30 heavy (non-hydrogen) atoms. The first-order valence-corrected chi connectivity index (χ1v) is 10.9. The molecule has 5 heteroatoms. The lowest BCUT2D eigenvalue weighted by Crippen LogP contribution is -2.19. The molecule has 1 heterocycles. The predicted molar refractivity (Wildman–Crippen MR) is 123 cm³/mol. The second-order valence-electron chi connectivity index (χ2n) is 7.83. The molecule has 1 aliphatic carbocycles. The van der Waals surface area contributed by atoms with Gasteiger partial charge in [-0.25, -0.2) is 4.98 Å². The van der Waals surface area contributed by atoms with E-state index in [0.29, 0.717) is 0 Å². The summed E-state index contributed by atoms with van der Waals surface area (Å²) >= 11 is 5.70. The van der Waals surface area contributed by atoms with Crippen LogP contribution in [-0.4, -0.2) is 23.8 Å². The van der Waals surface area contributed by atoms with E-state index in [1.54, 1.807) is 14.2 Å². The lowest BCUT2D eigenvalue weighted by molar-refractivity contribution is 0.354. The molecule has 0 saturated heterocycles. The molecule has 2 aromatic carbocycles. The third kappa shape index (κ3) is 4.12. The summed E-state index contributed by atoms with van der Waals surface area (Å²) in [6.07, 6.45) is 5.37. The van der Waals surface area contributed by atoms with Crippen molar-refractivity contribution in [3.63, 3.8) is 0 Å². The number of hydrogen-bond acceptors (Lipinski definition) is 4. The average Bonchev–Trinajstić information content (AvgIpc) is 2.78. The molecule has 0 amide bonds. The fourth-order valence-corrected chi connectivity index (χ4v) is 4.60. The minimum absolute atomic E-state index is 0.754. The molecule has 4 rings (SSSR count). The number of aryl methyl sites for hydroxylation is 2. The summed E-state index contributed by atoms with van der Waals surface area (Å²) in [5.41, 5.74) is 6.19. The van der Waals surface area contributed by atoms with Crippen LogP contribution >= 0.6 is 12.2 Å². The Morgan fingerprint density at radius 2 is 1.80 bits per heavy atom. The number of ether oxygens (including phenoxy) is 2. The number of methoxy groups -OCH3 is 2. The Labute approximate surface area is 183 Å². The minimum atomic E-state index is 0.754. The first-order chi connectivity index (χ1) is 14.6. The molecule has 3 aromatic rings. The fraction of sp³-hybridized carbons (Fsp3) is 0.360. The summed E-state index contributed by atoms with van der Waals surface area (Å²) in [6.45, 7) is 2.97. The van der Waals surface area contributed by atoms with Crippen LogP contribution in [0.15, 0.2) is 42.5 Å². The minimum Gasteiger partial charge on any atom is -0.493 e. The van der Waals surface area contributed by atoms with E-state index >= 15 is 0 Å². The van der Waals surface area contributed by atoms with E-state index in [-0.39, 0.29) is 0 Å². The maximum Gasteiger partial charge on any atom is 0.160 e. The van der Waals surface area contributed by atoms with Gasteiger partial charge in [0.2, 0.25) is 0 Å². The van der Waals surface area contributed by atoms with Crippen molar-refractivity contribution in [2.24, 2.45) is 0 Å². The molecule has 0 bridgehead atoms. The monoisotopic (exact) mass is 420 g/mol. The normalized spacial score (nSPS) is 13.0. The van der Waals surface area contributed by atoms with Crippen molar-refractivity contribution in [2.75, 3.05) is 14.2 Å². The first kappa shape index (κ1) is 20.6. The molecule has 1 aromatic heterocycles. The molecule has 0 fully saturated rings. The zero-order chi connectivity index (χ0) is 21.1. The van der Waals surface area contributed by atoms with E-state index in [0.717, 1.165) is 53.3 Å². The fourth-order valence-electron chi connectivity index (χ4n) is 4.29. The number of fused-ring (bicyclic) bond motifs is 1. The van der Waals surface area contributed by atoms with Crippen LogP contribution in [0.1, 0.15) is 35.2 Å². The van der Waals surface area contributed by atoms with E-state index in [9.17, 15) is 0 Å². The maximum absolute atomic E-state index is 5.70. The predicted octanol–water partition coefficient (Wildman–Crippen LogP) is 5.73. The smallest absolute Gasteiger partial charge is 0.160 e. The van der Waals surface area contributed by atoms with Gasteiger partial charge in [-0.05, 0) is 62.8 Å². The highest BCUT2D eigenvalue weighted by Gasteiger charge is 2.19. The van der Waals surface area contributed by atoms with Crippen LogP contribution in [0.4, 0.5) is 0 Å². The summed E-state index contributed by atoms with van der Waals surface area (Å²) < 4.78 is 14.0. The molecule has 0 atom stereocenters. The summed E-state index contributed by atoms with van der Waals surface area (Å²) in [5, 5.41) is 0. The molecular formula is C25H28N2O2S. The number of nitrogens with zero attached hydrogens (tertiary/aromatic N) is 2. The largest absolute Gasteiger partial charge is 0.493 e. The lowest BCUT2D eigenvalue weighted by Gasteiger charge is -2.25. The van der Waals surface area contributed by atoms with Gasteiger partial charge in [0.25, 0.3) is 0 Å². The van der Waals surface area contributed by atoms with Crippen LogP contribution in [0, 0.1) is 11.6 Å². The third-order valence-electron chi connectivity index (χ3n) is 5.83. The van der Waals surface area contributed by atoms with Gasteiger partial charge >= 0.3 is 0 Å². The highest BCUT2D eigenvalue weighted by molar-refractivity contribution is 7.71. The van der Waals surface area contributed by atoms with Crippen molar-refractivity contribution >= 4 is 12.2 Å². The van der Waals surface area contributed by atoms with Gasteiger partial charge in [0, 0.05) is 23.4 Å². The Balaban J connectivity index is 1.75. The van der Waals surface area contributed by atoms with E-state index in [1.165, 1.54) is 35.2 Å². The quantitative estimate of drug-likeness (QED) is 0.478. The van der Waals surface area contributed by atoms with Crippen molar-refractivity contribution in [1.82, 2.24) is 9.55 Å². The van der Waals surface area contributed by atoms with Crippen LogP contribution in [0.3, 0.4) is 0 Å². The molecule has 0 radical (unpaired) electrons. The Morgan fingerprint density at radius 1 is 1.00 bits per heavy atom. The number of benzene rings is 2. The summed E-state index contributed by atoms with van der Waals surface area (Å²) in [4.78, 5) is 4.90. The number of aromatic nitrogens is 2. The van der Waals surface area contributed by atoms with Crippen molar-refractivity contribution in [2.45, 2.75) is 45.6 Å². The highest BCUT2D eigenvalue weighted by atomic mass is 32.1. The van der Waals surface area contributed by atoms with Gasteiger partial charge in [-0.2, -0.15) is 0 Å². The molecule has 0 unspecified atom stereocenters. The SMILES string of the molecule is COc1ccc(CCn2c(-c3cccc(C)c3)nc(=S)c3c2CCCC3)cc1OC. The summed E-state index contributed by atoms with van der Waals surface area (Å²) in [6, 6.07) is 14.7. The molecule has 4 nitrogen and oxygen atoms in total. The van der Waals surface area contributed by atoms with Crippen molar-refractivity contribution in [3.8, 4) is 22.9 Å². The van der Waals surface area contributed by atoms with Crippen LogP contribution in [0.5, 0.6) is 11.5 Å². The molecule has 1 aliphatic rings. The van der Waals surface area contributed by atoms with Gasteiger partial charge in [0.1, 0.15) is 10.5 Å². The van der Waals surface area contributed by atoms with Gasteiger partial charge in [-0.1, -0.05) is 42.0 Å². The van der Waals surface area contributed by atoms with Gasteiger partial charge in [0.15, 0.2) is 11.5 Å². The topological polar surface area (TPSA) is 36.3 Å². The van der Waals surface area contributed by atoms with E-state index < -0.39 is 0 Å². The Bertz CT molecular complexity index is 1120. The molecule has 156 valence electrons. The van der Waals surface area contributed by atoms with Crippen LogP contribution in [-0.2, 0) is 25.8 Å². The van der Waals surface area contributed by atoms with Gasteiger partial charge < -0.3 is 14.0 Å². The lowest BCUT2D eigenvalue weighted by atomic mass is 9.96. The second kappa shape index (κ2) is 9.00. The van der Waals surface area contributed by atoms with E-state index in [2.05, 4.69) is 47.9 Å². The second-order valence-corrected chi connectivity index (χ2v) is 8.22. The average molecular weight is 421 g/mol. The van der Waals surface area contributed by atoms with Gasteiger partial charge in [-0.3, -0.25) is 0 Å². The van der Waals surface area contributed by atoms with Crippen molar-refractivity contribution in [1.29, 1.82) is 0 Å². The Hall–Kier alpha value is -2.66. The molecule has 0 N–H and O–H groups in total. The molecule has 0 saturated carbocycles. The van der Waals surface area contributed by atoms with Crippen LogP contribution in [0.2, 0.25) is 0 Å². The zero-order valence-electron chi connectivity index (χ0n) is 17.9. The highest BCUT2D eigenvalue weighted by Crippen LogP contribution is 2.30. The van der Waals surface area contributed by atoms with Crippen molar-refractivity contribution in [3.05, 3.63) is 69.5 Å². The molecular weight excluding hydrogens is 392 g/mol. The van der Waals surface area contributed by atoms with Gasteiger partial charge in [-0.15, -0.1) is 0 Å². The van der Waals surface area contributed by atoms with Gasteiger partial charge in [0.05, 0.1) is 14.2 Å². The van der Waals surface area contributed by atoms with E-state index in [4.69, 9.17) is 26.7 Å². The van der Waals surface area contributed by atoms with Crippen LogP contribution in [0.25, 0.3) is 11.4 Å². The molecule has 0 spiro atoms. The maximum atomic E-state index is 5.70. The third-order valence-corrected chi connectivity index (χ3v) is 6.17. The summed E-state index contributed by atoms with van der Waals surface area (Å²) in [5.74, 6) is 2.49. The Kier molecular flexibility index (Phi) is 6.18. The standard InChI is InChI=1S/C25H28N2O2S/c1-17-7-6-8-19(15-17)24-26-25(30)20-9-4-5-10-21(20)27(24)14-13-18-11-12-22(28-2)23(16-18)29-3/h6-8,11-12,15-16H,4-5,9-10,13-14H2,1-3H3. The first-order valence-electron chi connectivity index (χ1n) is 10.5. The zero-order valence-corrected chi connectivity index (χ0v) is 18.7. The molecule has 0 aliphatic heterocycles. The van der Waals surface area contributed by atoms with Crippen LogP contribution < -0.4 is 9.47 Å². The van der Waals surface area contributed by atoms with E-state index in [1.807, 2.05) is 6.07 Å². The number of hydrogen-bond donors (Lipinski definition) is 0. The summed E-state index contributed by atoms with van der Waals surface area (Å²) in [7, 11) is 3.34. The Morgan fingerprint density at radius 3 is 2.57 bits per heavy atom.